The van der Waals surface area contributed by atoms with Crippen LogP contribution in [0.25, 0.3) is 0 Å². The molecule has 6 nitrogen and oxygen atoms in total. The molecule has 0 aromatic carbocycles. The lowest BCUT2D eigenvalue weighted by molar-refractivity contribution is -0.161. The van der Waals surface area contributed by atoms with Gasteiger partial charge in [0.2, 0.25) is 0 Å². The van der Waals surface area contributed by atoms with Crippen LogP contribution in [0.3, 0.4) is 0 Å². The summed E-state index contributed by atoms with van der Waals surface area (Å²) in [4.78, 5) is 35.1. The number of rotatable bonds is 7. The zero-order chi connectivity index (χ0) is 23.8. The molecule has 0 amide bonds. The first-order valence-electron chi connectivity index (χ1n) is 13.0. The van der Waals surface area contributed by atoms with Gasteiger partial charge in [0.1, 0.15) is 12.2 Å². The lowest BCUT2D eigenvalue weighted by atomic mass is 9.48. The third-order valence-electron chi connectivity index (χ3n) is 9.54. The molecule has 0 spiro atoms. The number of esters is 2. The third kappa shape index (κ3) is 4.59. The molecule has 4 aliphatic rings. The van der Waals surface area contributed by atoms with Gasteiger partial charge in [-0.2, -0.15) is 0 Å². The maximum Gasteiger partial charge on any atom is 0.306 e. The third-order valence-corrected chi connectivity index (χ3v) is 9.54. The molecule has 0 saturated heterocycles. The smallest absolute Gasteiger partial charge is 0.306 e. The Kier molecular flexibility index (Phi) is 6.93. The number of carboxylic acid groups (broad SMARTS) is 1. The maximum absolute atomic E-state index is 12.3. The summed E-state index contributed by atoms with van der Waals surface area (Å²) in [5.41, 5.74) is 1.64. The van der Waals surface area contributed by atoms with Crippen molar-refractivity contribution in [1.82, 2.24) is 0 Å². The van der Waals surface area contributed by atoms with Gasteiger partial charge in [0.05, 0.1) is 12.8 Å². The van der Waals surface area contributed by atoms with Crippen molar-refractivity contribution in [2.24, 2.45) is 28.6 Å². The first-order chi connectivity index (χ1) is 15.7. The Labute approximate surface area is 197 Å². The van der Waals surface area contributed by atoms with Crippen molar-refractivity contribution >= 4 is 17.9 Å². The number of aliphatic carboxylic acids is 1. The predicted molar refractivity (Wildman–Crippen MR) is 123 cm³/mol. The highest BCUT2D eigenvalue weighted by molar-refractivity contribution is 5.76. The van der Waals surface area contributed by atoms with E-state index in [1.165, 1.54) is 5.57 Å². The van der Waals surface area contributed by atoms with Gasteiger partial charge in [-0.05, 0) is 74.5 Å². The second kappa shape index (κ2) is 9.42. The Morgan fingerprint density at radius 1 is 0.970 bits per heavy atom. The van der Waals surface area contributed by atoms with E-state index < -0.39 is 5.97 Å². The molecule has 3 fully saturated rings. The van der Waals surface area contributed by atoms with Crippen molar-refractivity contribution in [3.63, 3.8) is 0 Å². The average molecular weight is 461 g/mol. The number of carboxylic acids is 1. The van der Waals surface area contributed by atoms with Crippen LogP contribution < -0.4 is 0 Å². The van der Waals surface area contributed by atoms with Crippen molar-refractivity contribution in [2.75, 3.05) is 0 Å². The van der Waals surface area contributed by atoms with Crippen molar-refractivity contribution in [3.05, 3.63) is 11.6 Å². The van der Waals surface area contributed by atoms with E-state index in [4.69, 9.17) is 14.6 Å². The van der Waals surface area contributed by atoms with Gasteiger partial charge in [0.25, 0.3) is 0 Å². The fraction of sp³-hybridized carbons (Fsp3) is 0.815. The Balaban J connectivity index is 1.43. The number of hydrogen-bond donors (Lipinski definition) is 1. The quantitative estimate of drug-likeness (QED) is 0.402. The minimum atomic E-state index is -0.962. The highest BCUT2D eigenvalue weighted by atomic mass is 16.5. The predicted octanol–water partition coefficient (Wildman–Crippen LogP) is 5.44. The number of hydrogen-bond acceptors (Lipinski definition) is 5. The van der Waals surface area contributed by atoms with Crippen LogP contribution in [0.4, 0.5) is 0 Å². The number of carbonyl (C=O) groups excluding carboxylic acids is 2. The lowest BCUT2D eigenvalue weighted by Gasteiger charge is -2.57. The Morgan fingerprint density at radius 2 is 1.73 bits per heavy atom. The Morgan fingerprint density at radius 3 is 2.45 bits per heavy atom. The summed E-state index contributed by atoms with van der Waals surface area (Å²) in [7, 11) is 0. The van der Waals surface area contributed by atoms with Crippen LogP contribution in [-0.2, 0) is 23.9 Å². The Hall–Kier alpha value is -1.85. The van der Waals surface area contributed by atoms with Crippen LogP contribution in [0.15, 0.2) is 11.6 Å². The van der Waals surface area contributed by atoms with E-state index in [1.54, 1.807) is 0 Å². The van der Waals surface area contributed by atoms with Crippen LogP contribution >= 0.6 is 0 Å². The number of ether oxygens (including phenoxy) is 2. The van der Waals surface area contributed by atoms with Gasteiger partial charge in [0, 0.05) is 18.3 Å². The molecule has 4 rings (SSSR count). The first kappa shape index (κ1) is 24.3. The summed E-state index contributed by atoms with van der Waals surface area (Å²) in [6.45, 7) is 6.73. The highest BCUT2D eigenvalue weighted by Crippen LogP contribution is 2.65. The molecule has 0 radical (unpaired) electrons. The van der Waals surface area contributed by atoms with Gasteiger partial charge >= 0.3 is 17.9 Å². The fourth-order valence-electron chi connectivity index (χ4n) is 7.75. The number of allylic oxidation sites excluding steroid dienone is 1. The fourth-order valence-corrected chi connectivity index (χ4v) is 7.75. The second-order valence-corrected chi connectivity index (χ2v) is 11.4. The minimum absolute atomic E-state index is 0.0192. The molecular formula is C27H40O6. The van der Waals surface area contributed by atoms with E-state index >= 15 is 0 Å². The van der Waals surface area contributed by atoms with Gasteiger partial charge < -0.3 is 14.6 Å². The van der Waals surface area contributed by atoms with E-state index in [1.807, 2.05) is 6.92 Å². The topological polar surface area (TPSA) is 89.9 Å². The summed E-state index contributed by atoms with van der Waals surface area (Å²) in [6.07, 6.45) is 11.6. The van der Waals surface area contributed by atoms with E-state index in [2.05, 4.69) is 19.9 Å². The standard InChI is InChI=1S/C27H40O6/c1-4-5-24(30)32-18-12-14-26(2)17(16-18)6-7-19-20-8-9-22(27(20,3)15-13-21(19)26)33-25(31)11-10-23(28)29/h6,18-22H,4-5,7-16H2,1-3H3,(H,28,29). The molecule has 0 aromatic heterocycles. The molecule has 33 heavy (non-hydrogen) atoms. The molecule has 0 aromatic rings. The summed E-state index contributed by atoms with van der Waals surface area (Å²) >= 11 is 0. The molecule has 7 atom stereocenters. The van der Waals surface area contributed by atoms with Crippen LogP contribution in [0, 0.1) is 28.6 Å². The van der Waals surface area contributed by atoms with Crippen molar-refractivity contribution in [3.8, 4) is 0 Å². The van der Waals surface area contributed by atoms with E-state index in [0.29, 0.717) is 24.2 Å². The Bertz CT molecular complexity index is 817. The molecule has 3 saturated carbocycles. The largest absolute Gasteiger partial charge is 0.481 e. The van der Waals surface area contributed by atoms with Gasteiger partial charge in [0.15, 0.2) is 0 Å². The maximum atomic E-state index is 12.3. The highest BCUT2D eigenvalue weighted by Gasteiger charge is 2.59. The van der Waals surface area contributed by atoms with E-state index in [-0.39, 0.29) is 47.8 Å². The summed E-state index contributed by atoms with van der Waals surface area (Å²) in [5, 5.41) is 8.86. The molecule has 184 valence electrons. The molecule has 0 aliphatic heterocycles. The zero-order valence-corrected chi connectivity index (χ0v) is 20.4. The van der Waals surface area contributed by atoms with E-state index in [9.17, 15) is 14.4 Å². The van der Waals surface area contributed by atoms with Crippen molar-refractivity contribution in [1.29, 1.82) is 0 Å². The number of carbonyl (C=O) groups is 3. The molecule has 0 heterocycles. The van der Waals surface area contributed by atoms with Crippen LogP contribution in [-0.4, -0.2) is 35.2 Å². The average Bonchev–Trinajstić information content (AvgIpc) is 3.09. The molecule has 4 aliphatic carbocycles. The van der Waals surface area contributed by atoms with Crippen LogP contribution in [0.5, 0.6) is 0 Å². The summed E-state index contributed by atoms with van der Waals surface area (Å²) < 4.78 is 11.6. The van der Waals surface area contributed by atoms with Gasteiger partial charge in [-0.3, -0.25) is 14.4 Å². The normalized spacial score (nSPS) is 39.5. The van der Waals surface area contributed by atoms with Gasteiger partial charge in [-0.1, -0.05) is 32.4 Å². The van der Waals surface area contributed by atoms with Gasteiger partial charge in [-0.15, -0.1) is 0 Å². The first-order valence-corrected chi connectivity index (χ1v) is 13.0. The molecule has 0 bridgehead atoms. The lowest BCUT2D eigenvalue weighted by Crippen LogP contribution is -2.51. The zero-order valence-electron chi connectivity index (χ0n) is 20.4. The summed E-state index contributed by atoms with van der Waals surface area (Å²) in [5.74, 6) is 0.353. The summed E-state index contributed by atoms with van der Waals surface area (Å²) in [6, 6.07) is 0. The van der Waals surface area contributed by atoms with Crippen LogP contribution in [0.1, 0.15) is 97.8 Å². The number of fused-ring (bicyclic) bond motifs is 5. The molecule has 1 N–H and O–H groups in total. The molecule has 6 heteroatoms. The monoisotopic (exact) mass is 460 g/mol. The molecular weight excluding hydrogens is 420 g/mol. The van der Waals surface area contributed by atoms with Crippen LogP contribution in [0.2, 0.25) is 0 Å². The molecule has 7 unspecified atom stereocenters. The van der Waals surface area contributed by atoms with Crippen molar-refractivity contribution in [2.45, 2.75) is 110 Å². The van der Waals surface area contributed by atoms with E-state index in [0.717, 1.165) is 57.8 Å². The van der Waals surface area contributed by atoms with Crippen molar-refractivity contribution < 1.29 is 29.0 Å². The minimum Gasteiger partial charge on any atom is -0.481 e. The SMILES string of the molecule is CCCC(=O)OC1CCC2(C)C(=CCC3C2CCC2(C)C(OC(=O)CCC(=O)O)CCC32)C1. The second-order valence-electron chi connectivity index (χ2n) is 11.4. The van der Waals surface area contributed by atoms with Gasteiger partial charge in [-0.25, -0.2) is 0 Å².